The first-order valence-corrected chi connectivity index (χ1v) is 24.8. The van der Waals surface area contributed by atoms with E-state index < -0.39 is 75.7 Å². The Bertz CT molecular complexity index is 1190. The Hall–Kier alpha value is -1.93. The predicted molar refractivity (Wildman–Crippen MR) is 235 cm³/mol. The third kappa shape index (κ3) is 28.6. The number of carbonyl (C=O) groups is 2. The van der Waals surface area contributed by atoms with E-state index in [1.165, 1.54) is 96.3 Å². The third-order valence-electron chi connectivity index (χ3n) is 10.7. The van der Waals surface area contributed by atoms with Crippen molar-refractivity contribution in [3.63, 3.8) is 0 Å². The van der Waals surface area contributed by atoms with Crippen molar-refractivity contribution in [1.29, 1.82) is 0 Å². The highest BCUT2D eigenvalue weighted by molar-refractivity contribution is 7.47. The van der Waals surface area contributed by atoms with Crippen molar-refractivity contribution < 1.29 is 63.1 Å². The maximum atomic E-state index is 12.8. The second kappa shape index (κ2) is 36.5. The first-order chi connectivity index (χ1) is 28.9. The standard InChI is InChI=1S/C46H83O13P/c1-3-5-7-9-11-13-15-17-18-19-20-21-23-24-26-28-30-32-34-39(47)56-36-38(37-57-60(54,55)59-46-44(52)42(50)41(49)43(51)45(46)53)58-40(48)35-33-31-29-27-25-22-16-14-12-10-8-6-4-2/h20-22,25,29,31,38,41-46,49-53H,3-19,23-24,26-28,30,32-37H2,1-2H3,(H,54,55)/b21-20+,25-22+,31-29+/t38?,41?,42-,43?,44?,45?,46?/m0/s1. The highest BCUT2D eigenvalue weighted by Crippen LogP contribution is 2.47. The van der Waals surface area contributed by atoms with Gasteiger partial charge in [0.2, 0.25) is 0 Å². The topological polar surface area (TPSA) is 210 Å². The number of ether oxygens (including phenoxy) is 2. The lowest BCUT2D eigenvalue weighted by Gasteiger charge is -2.41. The molecule has 0 bridgehead atoms. The molecule has 7 unspecified atom stereocenters. The van der Waals surface area contributed by atoms with Gasteiger partial charge in [-0.25, -0.2) is 4.57 Å². The number of aliphatic hydroxyl groups is 5. The molecule has 0 aromatic carbocycles. The van der Waals surface area contributed by atoms with Gasteiger partial charge in [0.25, 0.3) is 0 Å². The van der Waals surface area contributed by atoms with Crippen LogP contribution in [-0.4, -0.2) is 98.3 Å². The Morgan fingerprint density at radius 1 is 0.517 bits per heavy atom. The minimum absolute atomic E-state index is 0.0105. The van der Waals surface area contributed by atoms with E-state index in [1.807, 2.05) is 12.2 Å². The Morgan fingerprint density at radius 3 is 1.43 bits per heavy atom. The summed E-state index contributed by atoms with van der Waals surface area (Å²) in [5, 5.41) is 50.1. The van der Waals surface area contributed by atoms with Crippen LogP contribution in [0.2, 0.25) is 0 Å². The minimum Gasteiger partial charge on any atom is -0.462 e. The van der Waals surface area contributed by atoms with Crippen LogP contribution in [0.3, 0.4) is 0 Å². The fraction of sp³-hybridized carbons (Fsp3) is 0.826. The number of hydrogen-bond donors (Lipinski definition) is 6. The molecule has 1 fully saturated rings. The van der Waals surface area contributed by atoms with Gasteiger partial charge < -0.3 is 39.9 Å². The lowest BCUT2D eigenvalue weighted by atomic mass is 9.85. The zero-order chi connectivity index (χ0) is 44.3. The Balaban J connectivity index is 2.47. The van der Waals surface area contributed by atoms with E-state index in [4.69, 9.17) is 18.5 Å². The number of carbonyl (C=O) groups excluding carboxylic acids is 2. The fourth-order valence-electron chi connectivity index (χ4n) is 6.92. The highest BCUT2D eigenvalue weighted by Gasteiger charge is 2.51. The second-order valence-corrected chi connectivity index (χ2v) is 17.7. The number of aliphatic hydroxyl groups excluding tert-OH is 5. The number of phosphoric acid groups is 1. The molecular formula is C46H83O13P. The Kier molecular flexibility index (Phi) is 34.2. The van der Waals surface area contributed by atoms with Gasteiger partial charge >= 0.3 is 19.8 Å². The summed E-state index contributed by atoms with van der Waals surface area (Å²) in [5.41, 5.74) is 0. The molecule has 0 aromatic rings. The number of esters is 2. The highest BCUT2D eigenvalue weighted by atomic mass is 31.2. The SMILES string of the molecule is CCCCCCCC/C=C/C/C=C/CCC(=O)OC(COC(=O)CCCCCCC/C=C/CCCCCCCCCCC)COP(=O)(O)OC1C(O)C(O)C(O)[C@H](O)C1O. The van der Waals surface area contributed by atoms with E-state index in [0.29, 0.717) is 12.8 Å². The minimum atomic E-state index is -5.13. The van der Waals surface area contributed by atoms with E-state index in [9.17, 15) is 44.6 Å². The van der Waals surface area contributed by atoms with Crippen LogP contribution in [0.4, 0.5) is 0 Å². The molecule has 0 saturated heterocycles. The van der Waals surface area contributed by atoms with Gasteiger partial charge in [0, 0.05) is 12.8 Å². The third-order valence-corrected chi connectivity index (χ3v) is 11.7. The van der Waals surface area contributed by atoms with Crippen LogP contribution < -0.4 is 0 Å². The molecule has 1 rings (SSSR count). The predicted octanol–water partition coefficient (Wildman–Crippen LogP) is 9.00. The van der Waals surface area contributed by atoms with Crippen molar-refractivity contribution >= 4 is 19.8 Å². The summed E-state index contributed by atoms with van der Waals surface area (Å²) in [6.07, 6.45) is 27.9. The van der Waals surface area contributed by atoms with Crippen LogP contribution in [0.1, 0.15) is 187 Å². The Morgan fingerprint density at radius 2 is 0.933 bits per heavy atom. The number of allylic oxidation sites excluding steroid dienone is 6. The van der Waals surface area contributed by atoms with Crippen molar-refractivity contribution in [1.82, 2.24) is 0 Å². The van der Waals surface area contributed by atoms with Crippen molar-refractivity contribution in [2.24, 2.45) is 0 Å². The summed E-state index contributed by atoms with van der Waals surface area (Å²) in [6.45, 7) is 3.23. The van der Waals surface area contributed by atoms with Gasteiger partial charge in [-0.1, -0.05) is 153 Å². The van der Waals surface area contributed by atoms with E-state index in [2.05, 4.69) is 38.2 Å². The van der Waals surface area contributed by atoms with Gasteiger partial charge in [-0.2, -0.15) is 0 Å². The maximum absolute atomic E-state index is 12.8. The van der Waals surface area contributed by atoms with Crippen LogP contribution in [0, 0.1) is 0 Å². The smallest absolute Gasteiger partial charge is 0.462 e. The van der Waals surface area contributed by atoms with Crippen LogP contribution in [0.15, 0.2) is 36.5 Å². The van der Waals surface area contributed by atoms with Crippen molar-refractivity contribution in [2.75, 3.05) is 13.2 Å². The van der Waals surface area contributed by atoms with E-state index in [0.717, 1.165) is 51.4 Å². The van der Waals surface area contributed by atoms with Gasteiger partial charge in [-0.05, 0) is 57.8 Å². The molecule has 0 aromatic heterocycles. The summed E-state index contributed by atoms with van der Waals surface area (Å²) in [4.78, 5) is 35.6. The number of unbranched alkanes of at least 4 members (excludes halogenated alkanes) is 20. The van der Waals surface area contributed by atoms with Crippen LogP contribution in [0.5, 0.6) is 0 Å². The molecule has 0 heterocycles. The summed E-state index contributed by atoms with van der Waals surface area (Å²) in [6, 6.07) is 0. The molecule has 60 heavy (non-hydrogen) atoms. The molecule has 13 nitrogen and oxygen atoms in total. The average molecular weight is 875 g/mol. The zero-order valence-electron chi connectivity index (χ0n) is 37.0. The largest absolute Gasteiger partial charge is 0.472 e. The van der Waals surface area contributed by atoms with Crippen molar-refractivity contribution in [2.45, 2.75) is 230 Å². The molecule has 14 heteroatoms. The quantitative estimate of drug-likeness (QED) is 0.0148. The van der Waals surface area contributed by atoms with Crippen LogP contribution >= 0.6 is 7.82 Å². The molecule has 8 atom stereocenters. The summed E-state index contributed by atoms with van der Waals surface area (Å²) < 4.78 is 33.4. The van der Waals surface area contributed by atoms with Gasteiger partial charge in [0.05, 0.1) is 6.61 Å². The molecule has 0 aliphatic heterocycles. The van der Waals surface area contributed by atoms with Gasteiger partial charge in [-0.15, -0.1) is 0 Å². The van der Waals surface area contributed by atoms with E-state index >= 15 is 0 Å². The molecule has 0 amide bonds. The maximum Gasteiger partial charge on any atom is 0.472 e. The van der Waals surface area contributed by atoms with Gasteiger partial charge in [0.1, 0.15) is 43.2 Å². The molecule has 1 aliphatic rings. The second-order valence-electron chi connectivity index (χ2n) is 16.3. The first kappa shape index (κ1) is 56.1. The number of hydrogen-bond acceptors (Lipinski definition) is 12. The summed E-state index contributed by atoms with van der Waals surface area (Å²) >= 11 is 0. The molecule has 0 radical (unpaired) electrons. The number of phosphoric ester groups is 1. The molecule has 350 valence electrons. The first-order valence-electron chi connectivity index (χ1n) is 23.3. The lowest BCUT2D eigenvalue weighted by Crippen LogP contribution is -2.64. The summed E-state index contributed by atoms with van der Waals surface area (Å²) in [5.74, 6) is -1.19. The van der Waals surface area contributed by atoms with Crippen molar-refractivity contribution in [3.8, 4) is 0 Å². The van der Waals surface area contributed by atoms with Gasteiger partial charge in [-0.3, -0.25) is 18.6 Å². The Labute approximate surface area is 361 Å². The van der Waals surface area contributed by atoms with Crippen molar-refractivity contribution in [3.05, 3.63) is 36.5 Å². The molecule has 6 N–H and O–H groups in total. The lowest BCUT2D eigenvalue weighted by molar-refractivity contribution is -0.220. The van der Waals surface area contributed by atoms with Crippen LogP contribution in [0.25, 0.3) is 0 Å². The summed E-state index contributed by atoms with van der Waals surface area (Å²) in [7, 11) is -5.13. The van der Waals surface area contributed by atoms with Crippen LogP contribution in [-0.2, 0) is 32.7 Å². The fourth-order valence-corrected chi connectivity index (χ4v) is 7.90. The average Bonchev–Trinajstić information content (AvgIpc) is 3.23. The monoisotopic (exact) mass is 875 g/mol. The molecule has 0 spiro atoms. The number of rotatable bonds is 38. The van der Waals surface area contributed by atoms with E-state index in [1.54, 1.807) is 0 Å². The molecular weight excluding hydrogens is 791 g/mol. The normalized spacial score (nSPS) is 22.5. The molecule has 1 aliphatic carbocycles. The van der Waals surface area contributed by atoms with E-state index in [-0.39, 0.29) is 12.8 Å². The zero-order valence-corrected chi connectivity index (χ0v) is 37.9. The van der Waals surface area contributed by atoms with Gasteiger partial charge in [0.15, 0.2) is 6.10 Å². The molecule has 1 saturated carbocycles.